The first-order valence-corrected chi connectivity index (χ1v) is 15.8. The fraction of sp³-hybridized carbons (Fsp3) is 0.412. The van der Waals surface area contributed by atoms with Crippen LogP contribution in [0.4, 0.5) is 0 Å². The molecule has 218 valence electrons. The van der Waals surface area contributed by atoms with E-state index >= 15 is 0 Å². The summed E-state index contributed by atoms with van der Waals surface area (Å²) in [5.74, 6) is 0.758. The minimum Gasteiger partial charge on any atom is -0.493 e. The summed E-state index contributed by atoms with van der Waals surface area (Å²) in [5.41, 5.74) is 5.14. The summed E-state index contributed by atoms with van der Waals surface area (Å²) < 4.78 is 12.2. The zero-order valence-electron chi connectivity index (χ0n) is 24.1. The maximum absolute atomic E-state index is 13.3. The van der Waals surface area contributed by atoms with E-state index in [1.54, 1.807) is 17.8 Å². The molecular formula is C34H41NO5S. The number of carbonyl (C=O) groups is 2. The molecule has 0 radical (unpaired) electrons. The van der Waals surface area contributed by atoms with Gasteiger partial charge in [0.05, 0.1) is 19.8 Å². The highest BCUT2D eigenvalue weighted by Crippen LogP contribution is 2.29. The number of carboxylic acids is 1. The molecule has 0 spiro atoms. The largest absolute Gasteiger partial charge is 0.493 e. The number of amides is 1. The van der Waals surface area contributed by atoms with Crippen molar-refractivity contribution < 1.29 is 24.2 Å². The van der Waals surface area contributed by atoms with Crippen molar-refractivity contribution in [3.63, 3.8) is 0 Å². The minimum atomic E-state index is -1.03. The molecule has 1 aliphatic rings. The second-order valence-corrected chi connectivity index (χ2v) is 11.8. The van der Waals surface area contributed by atoms with Gasteiger partial charge in [-0.1, -0.05) is 61.7 Å². The van der Waals surface area contributed by atoms with E-state index in [-0.39, 0.29) is 0 Å². The number of thioether (sulfide) groups is 1. The van der Waals surface area contributed by atoms with E-state index in [9.17, 15) is 14.7 Å². The molecule has 0 heterocycles. The van der Waals surface area contributed by atoms with Crippen LogP contribution in [0.5, 0.6) is 5.75 Å². The molecule has 1 aliphatic carbocycles. The van der Waals surface area contributed by atoms with Crippen molar-refractivity contribution >= 4 is 23.6 Å². The zero-order chi connectivity index (χ0) is 29.0. The number of benzene rings is 3. The summed E-state index contributed by atoms with van der Waals surface area (Å²) in [6.45, 7) is 3.59. The second-order valence-electron chi connectivity index (χ2n) is 10.8. The molecule has 0 aromatic heterocycles. The van der Waals surface area contributed by atoms with E-state index in [2.05, 4.69) is 5.32 Å². The van der Waals surface area contributed by atoms with Crippen molar-refractivity contribution in [3.8, 4) is 16.9 Å². The Morgan fingerprint density at radius 2 is 1.71 bits per heavy atom. The van der Waals surface area contributed by atoms with Crippen LogP contribution in [0.25, 0.3) is 11.1 Å². The first-order valence-electron chi connectivity index (χ1n) is 14.5. The monoisotopic (exact) mass is 575 g/mol. The molecule has 3 aromatic rings. The number of nitrogens with one attached hydrogen (secondary N) is 1. The number of rotatable bonds is 14. The number of aryl methyl sites for hydroxylation is 1. The maximum atomic E-state index is 13.3. The fourth-order valence-corrected chi connectivity index (χ4v) is 5.76. The van der Waals surface area contributed by atoms with Gasteiger partial charge in [-0.2, -0.15) is 11.8 Å². The predicted octanol–water partition coefficient (Wildman–Crippen LogP) is 7.27. The lowest BCUT2D eigenvalue weighted by molar-refractivity contribution is -0.139. The summed E-state index contributed by atoms with van der Waals surface area (Å²) in [4.78, 5) is 25.1. The van der Waals surface area contributed by atoms with Crippen LogP contribution >= 0.6 is 11.8 Å². The number of carbonyl (C=O) groups excluding carboxylic acids is 1. The zero-order valence-corrected chi connectivity index (χ0v) is 24.9. The first-order chi connectivity index (χ1) is 19.9. The van der Waals surface area contributed by atoms with Crippen molar-refractivity contribution in [1.82, 2.24) is 5.32 Å². The van der Waals surface area contributed by atoms with Gasteiger partial charge in [-0.3, -0.25) is 4.79 Å². The van der Waals surface area contributed by atoms with Crippen LogP contribution < -0.4 is 10.1 Å². The number of aliphatic carboxylic acids is 1. The lowest BCUT2D eigenvalue weighted by Gasteiger charge is -2.21. The van der Waals surface area contributed by atoms with Crippen LogP contribution in [0.1, 0.15) is 65.6 Å². The van der Waals surface area contributed by atoms with Crippen molar-refractivity contribution in [2.24, 2.45) is 5.92 Å². The SMILES string of the molecule is CSCC[C@H](NC(=O)c1ccc(COCc2cccc(OCC3CCCCC3)c2)cc1-c1ccccc1C)C(=O)O. The van der Waals surface area contributed by atoms with Crippen molar-refractivity contribution in [3.05, 3.63) is 89.0 Å². The Morgan fingerprint density at radius 3 is 2.44 bits per heavy atom. The molecule has 0 bridgehead atoms. The maximum Gasteiger partial charge on any atom is 0.326 e. The smallest absolute Gasteiger partial charge is 0.326 e. The van der Waals surface area contributed by atoms with Crippen molar-refractivity contribution in [2.45, 2.75) is 64.7 Å². The van der Waals surface area contributed by atoms with E-state index in [0.717, 1.165) is 40.2 Å². The Balaban J connectivity index is 1.44. The lowest BCUT2D eigenvalue weighted by Crippen LogP contribution is -2.41. The highest BCUT2D eigenvalue weighted by molar-refractivity contribution is 7.98. The third-order valence-corrected chi connectivity index (χ3v) is 8.27. The predicted molar refractivity (Wildman–Crippen MR) is 166 cm³/mol. The quantitative estimate of drug-likeness (QED) is 0.210. The van der Waals surface area contributed by atoms with Crippen LogP contribution in [0.3, 0.4) is 0 Å². The normalized spacial score (nSPS) is 14.4. The van der Waals surface area contributed by atoms with Crippen LogP contribution in [0.2, 0.25) is 0 Å². The summed E-state index contributed by atoms with van der Waals surface area (Å²) in [5, 5.41) is 12.3. The molecule has 7 heteroatoms. The van der Waals surface area contributed by atoms with Crippen LogP contribution in [-0.4, -0.2) is 41.6 Å². The molecule has 1 amide bonds. The van der Waals surface area contributed by atoms with Gasteiger partial charge in [-0.25, -0.2) is 4.79 Å². The summed E-state index contributed by atoms with van der Waals surface area (Å²) >= 11 is 1.55. The highest BCUT2D eigenvalue weighted by Gasteiger charge is 2.23. The molecule has 2 N–H and O–H groups in total. The van der Waals surface area contributed by atoms with E-state index in [1.807, 2.05) is 73.8 Å². The molecule has 1 atom stereocenters. The fourth-order valence-electron chi connectivity index (χ4n) is 5.29. The average Bonchev–Trinajstić information content (AvgIpc) is 2.99. The lowest BCUT2D eigenvalue weighted by atomic mass is 9.90. The molecule has 0 saturated heterocycles. The van der Waals surface area contributed by atoms with E-state index < -0.39 is 17.9 Å². The van der Waals surface area contributed by atoms with Crippen molar-refractivity contribution in [1.29, 1.82) is 0 Å². The standard InChI is InChI=1S/C34H41NO5S/c1-24-9-6-7-14-29(24)31-20-27(15-16-30(31)33(36)35-32(34(37)38)17-18-41-2)22-39-21-26-12-8-13-28(19-26)40-23-25-10-4-3-5-11-25/h6-9,12-16,19-20,25,32H,3-5,10-11,17-18,21-23H2,1-2H3,(H,35,36)(H,37,38)/t32-/m0/s1. The van der Waals surface area contributed by atoms with Gasteiger partial charge in [0.1, 0.15) is 11.8 Å². The van der Waals surface area contributed by atoms with Gasteiger partial charge in [0, 0.05) is 5.56 Å². The van der Waals surface area contributed by atoms with Crippen LogP contribution in [-0.2, 0) is 22.7 Å². The van der Waals surface area contributed by atoms with Gasteiger partial charge in [0.2, 0.25) is 0 Å². The number of hydrogen-bond donors (Lipinski definition) is 2. The van der Waals surface area contributed by atoms with Gasteiger partial charge in [-0.15, -0.1) is 0 Å². The molecule has 1 saturated carbocycles. The number of carboxylic acid groups (broad SMARTS) is 1. The number of hydrogen-bond acceptors (Lipinski definition) is 5. The molecule has 1 fully saturated rings. The Morgan fingerprint density at radius 1 is 0.951 bits per heavy atom. The Bertz CT molecular complexity index is 1300. The summed E-state index contributed by atoms with van der Waals surface area (Å²) in [7, 11) is 0. The van der Waals surface area contributed by atoms with Gasteiger partial charge in [0.15, 0.2) is 0 Å². The van der Waals surface area contributed by atoms with E-state index in [0.29, 0.717) is 36.9 Å². The van der Waals surface area contributed by atoms with Gasteiger partial charge in [-0.05, 0) is 96.2 Å². The Kier molecular flexibility index (Phi) is 11.7. The summed E-state index contributed by atoms with van der Waals surface area (Å²) in [6.07, 6.45) is 8.74. The summed E-state index contributed by atoms with van der Waals surface area (Å²) in [6, 6.07) is 20.6. The molecule has 0 aliphatic heterocycles. The topological polar surface area (TPSA) is 84.9 Å². The molecule has 41 heavy (non-hydrogen) atoms. The minimum absolute atomic E-state index is 0.362. The Hall–Kier alpha value is -3.29. The molecule has 0 unspecified atom stereocenters. The molecule has 3 aromatic carbocycles. The first kappa shape index (κ1) is 30.7. The van der Waals surface area contributed by atoms with Crippen LogP contribution in [0, 0.1) is 12.8 Å². The van der Waals surface area contributed by atoms with E-state index in [4.69, 9.17) is 9.47 Å². The van der Waals surface area contributed by atoms with Crippen LogP contribution in [0.15, 0.2) is 66.7 Å². The molecule has 4 rings (SSSR count). The highest BCUT2D eigenvalue weighted by atomic mass is 32.2. The third-order valence-electron chi connectivity index (χ3n) is 7.62. The second kappa shape index (κ2) is 15.6. The van der Waals surface area contributed by atoms with Gasteiger partial charge < -0.3 is 19.9 Å². The van der Waals surface area contributed by atoms with Gasteiger partial charge >= 0.3 is 5.97 Å². The molecular weight excluding hydrogens is 534 g/mol. The molecule has 6 nitrogen and oxygen atoms in total. The van der Waals surface area contributed by atoms with Crippen molar-refractivity contribution in [2.75, 3.05) is 18.6 Å². The average molecular weight is 576 g/mol. The number of ether oxygens (including phenoxy) is 2. The van der Waals surface area contributed by atoms with E-state index in [1.165, 1.54) is 32.1 Å². The van der Waals surface area contributed by atoms with Gasteiger partial charge in [0.25, 0.3) is 5.91 Å². The Labute approximate surface area is 247 Å². The third kappa shape index (κ3) is 9.10.